The van der Waals surface area contributed by atoms with Gasteiger partial charge in [-0.05, 0) is 32.9 Å². The second-order valence-corrected chi connectivity index (χ2v) is 4.65. The molecule has 0 aromatic heterocycles. The van der Waals surface area contributed by atoms with Gasteiger partial charge in [-0.2, -0.15) is 0 Å². The molecule has 0 amide bonds. The predicted octanol–water partition coefficient (Wildman–Crippen LogP) is 1.98. The average Bonchev–Trinajstić information content (AvgIpc) is 2.24. The van der Waals surface area contributed by atoms with Crippen LogP contribution < -0.4 is 4.90 Å². The third-order valence-electron chi connectivity index (χ3n) is 2.43. The number of likely N-dealkylation sites (N-methyl/N-ethyl adjacent to an activating group) is 1. The summed E-state index contributed by atoms with van der Waals surface area (Å²) in [5.41, 5.74) is 0.0463. The number of para-hydroxylation sites is 1. The zero-order valence-corrected chi connectivity index (χ0v) is 10.5. The van der Waals surface area contributed by atoms with E-state index < -0.39 is 11.6 Å². The van der Waals surface area contributed by atoms with Gasteiger partial charge >= 0.3 is 5.97 Å². The van der Waals surface area contributed by atoms with Gasteiger partial charge in [-0.3, -0.25) is 0 Å². The molecule has 1 rings (SSSR count). The second kappa shape index (κ2) is 5.19. The van der Waals surface area contributed by atoms with Crippen LogP contribution in [0.2, 0.25) is 0 Å². The van der Waals surface area contributed by atoms with Crippen molar-refractivity contribution < 1.29 is 15.0 Å². The van der Waals surface area contributed by atoms with Crippen LogP contribution >= 0.6 is 0 Å². The Morgan fingerprint density at radius 2 is 1.94 bits per heavy atom. The Bertz CT molecular complexity index is 396. The predicted molar refractivity (Wildman–Crippen MR) is 67.6 cm³/mol. The number of hydrogen-bond donors (Lipinski definition) is 2. The van der Waals surface area contributed by atoms with Crippen LogP contribution in [0.25, 0.3) is 0 Å². The molecule has 0 radical (unpaired) electrons. The number of aliphatic hydroxyl groups is 1. The highest BCUT2D eigenvalue weighted by Crippen LogP contribution is 2.22. The number of carboxylic acids is 1. The van der Waals surface area contributed by atoms with E-state index in [0.29, 0.717) is 18.8 Å². The number of anilines is 1. The van der Waals surface area contributed by atoms with Gasteiger partial charge in [0.1, 0.15) is 0 Å². The van der Waals surface area contributed by atoms with E-state index in [4.69, 9.17) is 5.11 Å². The van der Waals surface area contributed by atoms with Gasteiger partial charge in [-0.25, -0.2) is 4.79 Å². The molecule has 0 atom stereocenters. The quantitative estimate of drug-likeness (QED) is 0.822. The molecule has 4 nitrogen and oxygen atoms in total. The SMILES string of the molecule is CCN(CC(C)(C)O)c1ccccc1C(=O)O. The molecule has 1 aromatic carbocycles. The Balaban J connectivity index is 3.07. The number of carboxylic acid groups (broad SMARTS) is 1. The molecule has 0 spiro atoms. The van der Waals surface area contributed by atoms with Gasteiger partial charge in [0.2, 0.25) is 0 Å². The summed E-state index contributed by atoms with van der Waals surface area (Å²) in [6, 6.07) is 6.84. The van der Waals surface area contributed by atoms with E-state index >= 15 is 0 Å². The molecule has 2 N–H and O–H groups in total. The van der Waals surface area contributed by atoms with E-state index in [9.17, 15) is 9.90 Å². The minimum absolute atomic E-state index is 0.263. The van der Waals surface area contributed by atoms with E-state index in [-0.39, 0.29) is 5.56 Å². The van der Waals surface area contributed by atoms with E-state index in [1.165, 1.54) is 0 Å². The van der Waals surface area contributed by atoms with Gasteiger partial charge in [-0.15, -0.1) is 0 Å². The fourth-order valence-corrected chi connectivity index (χ4v) is 1.76. The number of benzene rings is 1. The minimum Gasteiger partial charge on any atom is -0.478 e. The van der Waals surface area contributed by atoms with Crippen molar-refractivity contribution in [2.75, 3.05) is 18.0 Å². The van der Waals surface area contributed by atoms with Crippen LogP contribution in [0.15, 0.2) is 24.3 Å². The summed E-state index contributed by atoms with van der Waals surface area (Å²) in [6.45, 7) is 6.39. The van der Waals surface area contributed by atoms with Crippen molar-refractivity contribution >= 4 is 11.7 Å². The molecular weight excluding hydrogens is 218 g/mol. The number of aromatic carboxylic acids is 1. The fourth-order valence-electron chi connectivity index (χ4n) is 1.76. The Kier molecular flexibility index (Phi) is 4.12. The standard InChI is InChI=1S/C13H19NO3/c1-4-14(9-13(2,3)17)11-8-6-5-7-10(11)12(15)16/h5-8,17H,4,9H2,1-3H3,(H,15,16). The van der Waals surface area contributed by atoms with Crippen molar-refractivity contribution in [3.05, 3.63) is 29.8 Å². The molecule has 17 heavy (non-hydrogen) atoms. The molecule has 0 bridgehead atoms. The average molecular weight is 237 g/mol. The lowest BCUT2D eigenvalue weighted by molar-refractivity contribution is 0.0694. The normalized spacial score (nSPS) is 11.3. The molecule has 0 fully saturated rings. The largest absolute Gasteiger partial charge is 0.478 e. The number of nitrogens with zero attached hydrogens (tertiary/aromatic N) is 1. The first-order valence-corrected chi connectivity index (χ1v) is 5.65. The summed E-state index contributed by atoms with van der Waals surface area (Å²) >= 11 is 0. The van der Waals surface area contributed by atoms with Crippen LogP contribution in [0.4, 0.5) is 5.69 Å². The van der Waals surface area contributed by atoms with Crippen LogP contribution in [0.5, 0.6) is 0 Å². The zero-order valence-electron chi connectivity index (χ0n) is 10.5. The Morgan fingerprint density at radius 1 is 1.35 bits per heavy atom. The monoisotopic (exact) mass is 237 g/mol. The Hall–Kier alpha value is -1.55. The molecule has 0 aliphatic rings. The third-order valence-corrected chi connectivity index (χ3v) is 2.43. The lowest BCUT2D eigenvalue weighted by atomic mass is 10.1. The molecule has 0 aliphatic carbocycles. The highest BCUT2D eigenvalue weighted by Gasteiger charge is 2.20. The van der Waals surface area contributed by atoms with Gasteiger partial charge < -0.3 is 15.1 Å². The smallest absolute Gasteiger partial charge is 0.337 e. The number of rotatable bonds is 5. The molecule has 0 saturated heterocycles. The van der Waals surface area contributed by atoms with Crippen molar-refractivity contribution in [1.82, 2.24) is 0 Å². The maximum Gasteiger partial charge on any atom is 0.337 e. The molecule has 0 aliphatic heterocycles. The van der Waals surface area contributed by atoms with Gasteiger partial charge in [0.25, 0.3) is 0 Å². The summed E-state index contributed by atoms with van der Waals surface area (Å²) in [5.74, 6) is -0.949. The first-order valence-electron chi connectivity index (χ1n) is 5.65. The van der Waals surface area contributed by atoms with Gasteiger partial charge in [0.15, 0.2) is 0 Å². The van der Waals surface area contributed by atoms with Crippen LogP contribution in [0.1, 0.15) is 31.1 Å². The van der Waals surface area contributed by atoms with Crippen molar-refractivity contribution in [3.8, 4) is 0 Å². The van der Waals surface area contributed by atoms with Crippen LogP contribution in [0.3, 0.4) is 0 Å². The molecule has 0 heterocycles. The van der Waals surface area contributed by atoms with Crippen molar-refractivity contribution in [3.63, 3.8) is 0 Å². The van der Waals surface area contributed by atoms with Crippen LogP contribution in [-0.2, 0) is 0 Å². The molecule has 0 saturated carbocycles. The molecule has 1 aromatic rings. The Morgan fingerprint density at radius 3 is 2.41 bits per heavy atom. The Labute approximate surface area is 101 Å². The summed E-state index contributed by atoms with van der Waals surface area (Å²) in [6.07, 6.45) is 0. The number of hydrogen-bond acceptors (Lipinski definition) is 3. The lowest BCUT2D eigenvalue weighted by Crippen LogP contribution is -2.39. The van der Waals surface area contributed by atoms with E-state index in [2.05, 4.69) is 0 Å². The molecular formula is C13H19NO3. The summed E-state index contributed by atoms with van der Waals surface area (Å²) in [5, 5.41) is 18.9. The maximum absolute atomic E-state index is 11.1. The summed E-state index contributed by atoms with van der Waals surface area (Å²) in [4.78, 5) is 13.0. The van der Waals surface area contributed by atoms with Gasteiger partial charge in [0.05, 0.1) is 16.9 Å². The number of carbonyl (C=O) groups is 1. The van der Waals surface area contributed by atoms with Crippen LogP contribution in [0, 0.1) is 0 Å². The first-order chi connectivity index (χ1) is 7.85. The zero-order chi connectivity index (χ0) is 13.1. The molecule has 94 valence electrons. The van der Waals surface area contributed by atoms with Crippen molar-refractivity contribution in [1.29, 1.82) is 0 Å². The molecule has 0 unspecified atom stereocenters. The minimum atomic E-state index is -0.949. The highest BCUT2D eigenvalue weighted by atomic mass is 16.4. The topological polar surface area (TPSA) is 60.8 Å². The molecule has 4 heteroatoms. The van der Waals surface area contributed by atoms with E-state index in [1.54, 1.807) is 38.1 Å². The van der Waals surface area contributed by atoms with E-state index in [1.807, 2.05) is 11.8 Å². The first kappa shape index (κ1) is 13.5. The van der Waals surface area contributed by atoms with Crippen molar-refractivity contribution in [2.24, 2.45) is 0 Å². The third kappa shape index (κ3) is 3.75. The van der Waals surface area contributed by atoms with Crippen molar-refractivity contribution in [2.45, 2.75) is 26.4 Å². The van der Waals surface area contributed by atoms with Gasteiger partial charge in [-0.1, -0.05) is 12.1 Å². The summed E-state index contributed by atoms with van der Waals surface area (Å²) in [7, 11) is 0. The van der Waals surface area contributed by atoms with E-state index in [0.717, 1.165) is 0 Å². The second-order valence-electron chi connectivity index (χ2n) is 4.65. The van der Waals surface area contributed by atoms with Gasteiger partial charge in [0, 0.05) is 13.1 Å². The highest BCUT2D eigenvalue weighted by molar-refractivity contribution is 5.94. The maximum atomic E-state index is 11.1. The fraction of sp³-hybridized carbons (Fsp3) is 0.462. The lowest BCUT2D eigenvalue weighted by Gasteiger charge is -2.30. The summed E-state index contributed by atoms with van der Waals surface area (Å²) < 4.78 is 0. The van der Waals surface area contributed by atoms with Crippen LogP contribution in [-0.4, -0.2) is 34.9 Å².